The second-order valence-electron chi connectivity index (χ2n) is 8.42. The van der Waals surface area contributed by atoms with Crippen molar-refractivity contribution in [2.75, 3.05) is 20.8 Å². The lowest BCUT2D eigenvalue weighted by Crippen LogP contribution is -2.34. The maximum absolute atomic E-state index is 13.3. The third-order valence-corrected chi connectivity index (χ3v) is 5.67. The zero-order valence-electron chi connectivity index (χ0n) is 20.5. The maximum atomic E-state index is 13.3. The summed E-state index contributed by atoms with van der Waals surface area (Å²) in [6, 6.07) is 20.1. The number of carbonyl (C=O) groups excluding carboxylic acids is 1. The highest BCUT2D eigenvalue weighted by Crippen LogP contribution is 2.27. The fraction of sp³-hybridized carbons (Fsp3) is 0.286. The van der Waals surface area contributed by atoms with Gasteiger partial charge in [0.15, 0.2) is 6.61 Å². The van der Waals surface area contributed by atoms with E-state index in [1.807, 2.05) is 56.3 Å². The molecule has 0 saturated heterocycles. The maximum Gasteiger partial charge on any atom is 0.339 e. The van der Waals surface area contributed by atoms with Crippen LogP contribution < -0.4 is 14.2 Å². The summed E-state index contributed by atoms with van der Waals surface area (Å²) in [4.78, 5) is 26.8. The number of ether oxygens (including phenoxy) is 3. The SMILES string of the molecule is COc1ccc(OC)c(CN(Cc2ccccc2)C(=O)COc2ccc(C(C)C)cc2C(=O)O)c1. The van der Waals surface area contributed by atoms with Gasteiger partial charge in [0.2, 0.25) is 0 Å². The first-order chi connectivity index (χ1) is 16.8. The lowest BCUT2D eigenvalue weighted by Gasteiger charge is -2.24. The second-order valence-corrected chi connectivity index (χ2v) is 8.42. The smallest absolute Gasteiger partial charge is 0.339 e. The molecule has 0 fully saturated rings. The van der Waals surface area contributed by atoms with Crippen molar-refractivity contribution in [3.05, 3.63) is 89.0 Å². The molecule has 7 heteroatoms. The largest absolute Gasteiger partial charge is 0.497 e. The van der Waals surface area contributed by atoms with Crippen molar-refractivity contribution in [2.24, 2.45) is 0 Å². The van der Waals surface area contributed by atoms with Gasteiger partial charge >= 0.3 is 5.97 Å². The molecule has 35 heavy (non-hydrogen) atoms. The molecule has 0 aliphatic heterocycles. The molecular weight excluding hydrogens is 446 g/mol. The molecule has 7 nitrogen and oxygen atoms in total. The first-order valence-corrected chi connectivity index (χ1v) is 11.3. The van der Waals surface area contributed by atoms with Crippen LogP contribution in [0.15, 0.2) is 66.7 Å². The van der Waals surface area contributed by atoms with Gasteiger partial charge in [0.05, 0.1) is 14.2 Å². The van der Waals surface area contributed by atoms with Crippen LogP contribution in [0.3, 0.4) is 0 Å². The molecule has 0 aliphatic rings. The topological polar surface area (TPSA) is 85.3 Å². The monoisotopic (exact) mass is 477 g/mol. The second kappa shape index (κ2) is 11.9. The summed E-state index contributed by atoms with van der Waals surface area (Å²) in [5, 5.41) is 9.64. The minimum absolute atomic E-state index is 0.0353. The van der Waals surface area contributed by atoms with Gasteiger partial charge in [-0.25, -0.2) is 4.79 Å². The van der Waals surface area contributed by atoms with Crippen LogP contribution in [-0.2, 0) is 17.9 Å². The molecule has 3 rings (SSSR count). The summed E-state index contributed by atoms with van der Waals surface area (Å²) < 4.78 is 16.6. The molecule has 3 aromatic carbocycles. The molecule has 0 unspecified atom stereocenters. The van der Waals surface area contributed by atoms with Gasteiger partial charge in [-0.2, -0.15) is 0 Å². The van der Waals surface area contributed by atoms with Crippen LogP contribution >= 0.6 is 0 Å². The van der Waals surface area contributed by atoms with Crippen LogP contribution in [0.5, 0.6) is 17.2 Å². The number of benzene rings is 3. The first kappa shape index (κ1) is 25.6. The van der Waals surface area contributed by atoms with Crippen LogP contribution in [0.2, 0.25) is 0 Å². The summed E-state index contributed by atoms with van der Waals surface area (Å²) in [6.07, 6.45) is 0. The van der Waals surface area contributed by atoms with Crippen LogP contribution in [0.1, 0.15) is 46.8 Å². The number of amides is 1. The number of nitrogens with zero attached hydrogens (tertiary/aromatic N) is 1. The van der Waals surface area contributed by atoms with Crippen LogP contribution in [0, 0.1) is 0 Å². The van der Waals surface area contributed by atoms with E-state index in [-0.39, 0.29) is 36.3 Å². The number of carboxylic acids is 1. The highest BCUT2D eigenvalue weighted by atomic mass is 16.5. The predicted molar refractivity (Wildman–Crippen MR) is 133 cm³/mol. The van der Waals surface area contributed by atoms with Gasteiger partial charge in [-0.05, 0) is 47.4 Å². The highest BCUT2D eigenvalue weighted by molar-refractivity contribution is 5.91. The molecule has 3 aromatic rings. The quantitative estimate of drug-likeness (QED) is 0.412. The molecule has 1 amide bonds. The van der Waals surface area contributed by atoms with E-state index in [0.717, 1.165) is 16.7 Å². The van der Waals surface area contributed by atoms with E-state index >= 15 is 0 Å². The van der Waals surface area contributed by atoms with Crippen molar-refractivity contribution in [3.8, 4) is 17.2 Å². The number of hydrogen-bond acceptors (Lipinski definition) is 5. The number of rotatable bonds is 11. The Morgan fingerprint density at radius 3 is 2.23 bits per heavy atom. The summed E-state index contributed by atoms with van der Waals surface area (Å²) in [6.45, 7) is 4.27. The Kier molecular flexibility index (Phi) is 8.73. The Balaban J connectivity index is 1.85. The molecule has 0 bridgehead atoms. The standard InChI is InChI=1S/C28H31NO6/c1-19(2)21-10-12-26(24(15-21)28(31)32)35-18-27(30)29(16-20-8-6-5-7-9-20)17-22-14-23(33-3)11-13-25(22)34-4/h5-15,19H,16-18H2,1-4H3,(H,31,32). The van der Waals surface area contributed by atoms with Gasteiger partial charge in [-0.3, -0.25) is 4.79 Å². The van der Waals surface area contributed by atoms with Gasteiger partial charge in [-0.1, -0.05) is 50.2 Å². The number of aromatic carboxylic acids is 1. The molecule has 0 aromatic heterocycles. The fourth-order valence-corrected chi connectivity index (χ4v) is 3.68. The normalized spacial score (nSPS) is 10.7. The summed E-state index contributed by atoms with van der Waals surface area (Å²) in [7, 11) is 3.16. The average molecular weight is 478 g/mol. The Labute approximate surface area is 205 Å². The molecule has 0 heterocycles. The van der Waals surface area contributed by atoms with Crippen LogP contribution in [0.25, 0.3) is 0 Å². The number of carboxylic acid groups (broad SMARTS) is 1. The van der Waals surface area contributed by atoms with E-state index in [9.17, 15) is 14.7 Å². The predicted octanol–water partition coefficient (Wildman–Crippen LogP) is 5.13. The van der Waals surface area contributed by atoms with Crippen LogP contribution in [-0.4, -0.2) is 42.7 Å². The molecule has 0 saturated carbocycles. The van der Waals surface area contributed by atoms with E-state index in [4.69, 9.17) is 14.2 Å². The van der Waals surface area contributed by atoms with Crippen molar-refractivity contribution in [1.29, 1.82) is 0 Å². The van der Waals surface area contributed by atoms with Crippen molar-refractivity contribution in [3.63, 3.8) is 0 Å². The number of methoxy groups -OCH3 is 2. The lowest BCUT2D eigenvalue weighted by molar-refractivity contribution is -0.134. The van der Waals surface area contributed by atoms with Crippen molar-refractivity contribution < 1.29 is 28.9 Å². The Morgan fingerprint density at radius 1 is 0.886 bits per heavy atom. The Bertz CT molecular complexity index is 1160. The van der Waals surface area contributed by atoms with E-state index in [1.165, 1.54) is 0 Å². The van der Waals surface area contributed by atoms with Crippen LogP contribution in [0.4, 0.5) is 0 Å². The van der Waals surface area contributed by atoms with E-state index in [2.05, 4.69) is 0 Å². The first-order valence-electron chi connectivity index (χ1n) is 11.3. The fourth-order valence-electron chi connectivity index (χ4n) is 3.68. The van der Waals surface area contributed by atoms with E-state index < -0.39 is 5.97 Å². The van der Waals surface area contributed by atoms with Crippen molar-refractivity contribution >= 4 is 11.9 Å². The van der Waals surface area contributed by atoms with Gasteiger partial charge in [-0.15, -0.1) is 0 Å². The molecule has 0 aliphatic carbocycles. The van der Waals surface area contributed by atoms with E-state index in [1.54, 1.807) is 43.4 Å². The van der Waals surface area contributed by atoms with E-state index in [0.29, 0.717) is 18.0 Å². The highest BCUT2D eigenvalue weighted by Gasteiger charge is 2.20. The third-order valence-electron chi connectivity index (χ3n) is 5.67. The molecule has 1 N–H and O–H groups in total. The Hall–Kier alpha value is -4.00. The van der Waals surface area contributed by atoms with Crippen molar-refractivity contribution in [1.82, 2.24) is 4.90 Å². The lowest BCUT2D eigenvalue weighted by atomic mass is 10.0. The number of hydrogen-bond donors (Lipinski definition) is 1. The molecule has 0 spiro atoms. The molecule has 0 atom stereocenters. The van der Waals surface area contributed by atoms with Crippen molar-refractivity contribution in [2.45, 2.75) is 32.9 Å². The summed E-state index contributed by atoms with van der Waals surface area (Å²) in [5.74, 6) is 0.229. The summed E-state index contributed by atoms with van der Waals surface area (Å²) >= 11 is 0. The third kappa shape index (κ3) is 6.76. The molecule has 0 radical (unpaired) electrons. The zero-order chi connectivity index (χ0) is 25.4. The average Bonchev–Trinajstić information content (AvgIpc) is 2.87. The molecular formula is C28H31NO6. The molecule has 184 valence electrons. The Morgan fingerprint density at radius 2 is 1.60 bits per heavy atom. The zero-order valence-corrected chi connectivity index (χ0v) is 20.5. The van der Waals surface area contributed by atoms with Gasteiger partial charge in [0.25, 0.3) is 5.91 Å². The summed E-state index contributed by atoms with van der Waals surface area (Å²) in [5.41, 5.74) is 2.66. The van der Waals surface area contributed by atoms with Gasteiger partial charge in [0.1, 0.15) is 22.8 Å². The van der Waals surface area contributed by atoms with Gasteiger partial charge < -0.3 is 24.2 Å². The number of carbonyl (C=O) groups is 2. The minimum Gasteiger partial charge on any atom is -0.497 e. The minimum atomic E-state index is -1.10. The van der Waals surface area contributed by atoms with Gasteiger partial charge in [0, 0.05) is 18.7 Å².